The fourth-order valence-electron chi connectivity index (χ4n) is 3.96. The van der Waals surface area contributed by atoms with Crippen LogP contribution < -0.4 is 0 Å². The Morgan fingerprint density at radius 1 is 0.649 bits per heavy atom. The van der Waals surface area contributed by atoms with Crippen LogP contribution in [0.15, 0.2) is 103 Å². The molecular formula is C35H44SiTi. The largest absolute Gasteiger partial charge is 4.00 e. The number of hydrogen-bond donors (Lipinski definition) is 0. The van der Waals surface area contributed by atoms with E-state index in [4.69, 9.17) is 0 Å². The standard InChI is InChI=1S/C14H23Si.3C7H7.Ti/c1-14(2,3)15-10-12-9-8-11-6-4-5-7-13(11)12;3*1-7-5-3-2-4-6-7;/h8-9H,4-7,10,15H2,1-3H3;3*2-6H,1H2;/q4*-1;+4. The van der Waals surface area contributed by atoms with Crippen molar-refractivity contribution in [2.45, 2.75) is 57.5 Å². The van der Waals surface area contributed by atoms with Gasteiger partial charge in [-0.05, 0) is 5.04 Å². The minimum absolute atomic E-state index is 0. The Kier molecular flexibility index (Phi) is 15.8. The van der Waals surface area contributed by atoms with Gasteiger partial charge in [-0.25, -0.2) is 6.07 Å². The van der Waals surface area contributed by atoms with Crippen molar-refractivity contribution in [3.63, 3.8) is 0 Å². The van der Waals surface area contributed by atoms with Gasteiger partial charge in [-0.15, -0.1) is 36.4 Å². The molecule has 0 spiro atoms. The van der Waals surface area contributed by atoms with E-state index in [0.717, 1.165) is 16.7 Å². The van der Waals surface area contributed by atoms with Gasteiger partial charge in [-0.1, -0.05) is 70.7 Å². The zero-order valence-electron chi connectivity index (χ0n) is 23.2. The Labute approximate surface area is 245 Å². The van der Waals surface area contributed by atoms with Gasteiger partial charge >= 0.3 is 21.7 Å². The molecule has 0 nitrogen and oxygen atoms in total. The van der Waals surface area contributed by atoms with Gasteiger partial charge < -0.3 is 0 Å². The molecule has 0 atom stereocenters. The number of rotatable bonds is 2. The van der Waals surface area contributed by atoms with Crippen LogP contribution in [0.25, 0.3) is 0 Å². The first-order valence-corrected chi connectivity index (χ1v) is 14.8. The quantitative estimate of drug-likeness (QED) is 0.176. The molecule has 0 heterocycles. The third-order valence-electron chi connectivity index (χ3n) is 6.06. The first kappa shape index (κ1) is 32.6. The van der Waals surface area contributed by atoms with Crippen LogP contribution in [-0.2, 0) is 40.6 Å². The van der Waals surface area contributed by atoms with Crippen LogP contribution in [-0.4, -0.2) is 9.52 Å². The van der Waals surface area contributed by atoms with Gasteiger partial charge in [0.25, 0.3) is 0 Å². The van der Waals surface area contributed by atoms with Crippen LogP contribution in [0.2, 0.25) is 5.04 Å². The van der Waals surface area contributed by atoms with Crippen LogP contribution in [0.5, 0.6) is 0 Å². The first-order chi connectivity index (χ1) is 17.2. The van der Waals surface area contributed by atoms with E-state index in [9.17, 15) is 0 Å². The molecular weight excluding hydrogens is 496 g/mol. The Bertz CT molecular complexity index is 987. The molecule has 0 N–H and O–H groups in total. The van der Waals surface area contributed by atoms with E-state index >= 15 is 0 Å². The van der Waals surface area contributed by atoms with Crippen LogP contribution in [0.4, 0.5) is 0 Å². The summed E-state index contributed by atoms with van der Waals surface area (Å²) >= 11 is 0. The number of fused-ring (bicyclic) bond motifs is 1. The fraction of sp³-hybridized carbons (Fsp3) is 0.257. The maximum Gasteiger partial charge on any atom is 4.00 e. The molecule has 5 rings (SSSR count). The Hall–Kier alpha value is -2.45. The minimum Gasteiger partial charge on any atom is -0.210 e. The smallest absolute Gasteiger partial charge is 0.210 e. The number of benzene rings is 3. The molecule has 2 heteroatoms. The average molecular weight is 541 g/mol. The maximum atomic E-state index is 3.72. The summed E-state index contributed by atoms with van der Waals surface area (Å²) < 4.78 is 0. The van der Waals surface area contributed by atoms with E-state index in [-0.39, 0.29) is 31.2 Å². The summed E-state index contributed by atoms with van der Waals surface area (Å²) in [4.78, 5) is 0. The molecule has 4 aromatic rings. The van der Waals surface area contributed by atoms with Crippen molar-refractivity contribution < 1.29 is 21.7 Å². The molecule has 0 saturated heterocycles. The van der Waals surface area contributed by atoms with Gasteiger partial charge in [0.15, 0.2) is 0 Å². The predicted molar refractivity (Wildman–Crippen MR) is 163 cm³/mol. The molecule has 0 saturated carbocycles. The third kappa shape index (κ3) is 14.8. The normalized spacial score (nSPS) is 11.9. The van der Waals surface area contributed by atoms with E-state index in [1.165, 1.54) is 31.7 Å². The summed E-state index contributed by atoms with van der Waals surface area (Å²) in [5, 5.41) is 0.610. The molecule has 0 fully saturated rings. The Balaban J connectivity index is 0.000000264. The molecule has 0 amide bonds. The zero-order valence-corrected chi connectivity index (χ0v) is 26.2. The Morgan fingerprint density at radius 2 is 1.05 bits per heavy atom. The molecule has 1 aliphatic carbocycles. The molecule has 37 heavy (non-hydrogen) atoms. The third-order valence-corrected chi connectivity index (χ3v) is 8.35. The van der Waals surface area contributed by atoms with Gasteiger partial charge in [0.1, 0.15) is 0 Å². The summed E-state index contributed by atoms with van der Waals surface area (Å²) in [5.74, 6) is 0. The van der Waals surface area contributed by atoms with Crippen LogP contribution >= 0.6 is 0 Å². The van der Waals surface area contributed by atoms with E-state index in [1.807, 2.05) is 91.0 Å². The molecule has 1 aliphatic rings. The van der Waals surface area contributed by atoms with Crippen molar-refractivity contribution in [1.82, 2.24) is 0 Å². The zero-order chi connectivity index (χ0) is 26.2. The number of hydrogen-bond acceptors (Lipinski definition) is 0. The second-order valence-electron chi connectivity index (χ2n) is 10.6. The molecule has 0 radical (unpaired) electrons. The Morgan fingerprint density at radius 3 is 1.41 bits per heavy atom. The first-order valence-electron chi connectivity index (χ1n) is 13.1. The van der Waals surface area contributed by atoms with Gasteiger partial charge in [0, 0.05) is 9.52 Å². The van der Waals surface area contributed by atoms with Crippen LogP contribution in [0.3, 0.4) is 0 Å². The monoisotopic (exact) mass is 540 g/mol. The summed E-state index contributed by atoms with van der Waals surface area (Å²) in [6.07, 6.45) is 5.52. The second kappa shape index (κ2) is 17.9. The van der Waals surface area contributed by atoms with E-state index in [2.05, 4.69) is 53.7 Å². The van der Waals surface area contributed by atoms with Crippen molar-refractivity contribution in [1.29, 1.82) is 0 Å². The second-order valence-corrected chi connectivity index (χ2v) is 13.7. The fourth-order valence-corrected chi connectivity index (χ4v) is 5.45. The van der Waals surface area contributed by atoms with Crippen molar-refractivity contribution in [2.24, 2.45) is 0 Å². The van der Waals surface area contributed by atoms with Gasteiger partial charge in [-0.3, -0.25) is 0 Å². The summed E-state index contributed by atoms with van der Waals surface area (Å²) in [7, 11) is 0.0504. The van der Waals surface area contributed by atoms with Crippen molar-refractivity contribution in [3.05, 3.63) is 157 Å². The van der Waals surface area contributed by atoms with Crippen molar-refractivity contribution >= 4 is 9.52 Å². The van der Waals surface area contributed by atoms with E-state index in [0.29, 0.717) is 5.04 Å². The molecule has 0 aromatic heterocycles. The SMILES string of the molecule is CC(C)(C)[SiH2]C[c-]1ccc2c1CCCC2.[CH2-]c1ccccc1.[CH2-]c1ccccc1.[CH2-]c1ccccc1.[Ti+4]. The summed E-state index contributed by atoms with van der Waals surface area (Å²) in [6, 6.07) is 35.8. The maximum absolute atomic E-state index is 3.72. The van der Waals surface area contributed by atoms with Gasteiger partial charge in [0.2, 0.25) is 0 Å². The van der Waals surface area contributed by atoms with E-state index < -0.39 is 0 Å². The molecule has 192 valence electrons. The van der Waals surface area contributed by atoms with Crippen molar-refractivity contribution in [2.75, 3.05) is 0 Å². The number of aryl methyl sites for hydroxylation is 1. The average Bonchev–Trinajstić information content (AvgIpc) is 3.28. The molecule has 0 unspecified atom stereocenters. The molecule has 0 aliphatic heterocycles. The molecule has 0 bridgehead atoms. The van der Waals surface area contributed by atoms with E-state index in [1.54, 1.807) is 16.7 Å². The van der Waals surface area contributed by atoms with Crippen molar-refractivity contribution in [3.8, 4) is 0 Å². The molecule has 4 aromatic carbocycles. The topological polar surface area (TPSA) is 0 Å². The summed E-state index contributed by atoms with van der Waals surface area (Å²) in [6.45, 7) is 18.4. The predicted octanol–water partition coefficient (Wildman–Crippen LogP) is 8.78. The van der Waals surface area contributed by atoms with Gasteiger partial charge in [0.05, 0.1) is 0 Å². The van der Waals surface area contributed by atoms with Crippen LogP contribution in [0, 0.1) is 20.8 Å². The summed E-state index contributed by atoms with van der Waals surface area (Å²) in [5.41, 5.74) is 8.32. The van der Waals surface area contributed by atoms with Gasteiger partial charge in [-0.2, -0.15) is 96.6 Å². The minimum atomic E-state index is 0. The van der Waals surface area contributed by atoms with Crippen LogP contribution in [0.1, 0.15) is 67.0 Å².